The molecule has 31 heavy (non-hydrogen) atoms. The summed E-state index contributed by atoms with van der Waals surface area (Å²) in [6.45, 7) is 4.00. The number of pyridine rings is 1. The van der Waals surface area contributed by atoms with E-state index in [9.17, 15) is 4.79 Å². The molecule has 158 valence electrons. The number of ether oxygens (including phenoxy) is 2. The van der Waals surface area contributed by atoms with Gasteiger partial charge in [-0.25, -0.2) is 0 Å². The van der Waals surface area contributed by atoms with E-state index in [2.05, 4.69) is 16.4 Å². The highest BCUT2D eigenvalue weighted by atomic mass is 16.5. The minimum atomic E-state index is -0.259. The summed E-state index contributed by atoms with van der Waals surface area (Å²) in [6.07, 6.45) is 1.82. The third-order valence-corrected chi connectivity index (χ3v) is 4.73. The Hall–Kier alpha value is -3.86. The quantitative estimate of drug-likeness (QED) is 0.422. The summed E-state index contributed by atoms with van der Waals surface area (Å²) >= 11 is 0. The van der Waals surface area contributed by atoms with E-state index >= 15 is 0 Å². The lowest BCUT2D eigenvalue weighted by Crippen LogP contribution is -2.14. The lowest BCUT2D eigenvalue weighted by atomic mass is 10.0. The van der Waals surface area contributed by atoms with Crippen LogP contribution in [0.15, 0.2) is 79.0 Å². The molecule has 1 N–H and O–H groups in total. The summed E-state index contributed by atoms with van der Waals surface area (Å²) in [6, 6.07) is 22.8. The van der Waals surface area contributed by atoms with Crippen molar-refractivity contribution in [2.45, 2.75) is 13.8 Å². The molecule has 3 aromatic carbocycles. The Bertz CT molecular complexity index is 1190. The molecule has 0 atom stereocenters. The number of para-hydroxylation sites is 2. The predicted molar refractivity (Wildman–Crippen MR) is 126 cm³/mol. The zero-order valence-corrected chi connectivity index (χ0v) is 18.2. The highest BCUT2D eigenvalue weighted by Crippen LogP contribution is 2.31. The summed E-state index contributed by atoms with van der Waals surface area (Å²) in [7, 11) is 3.10. The molecule has 4 rings (SSSR count). The van der Waals surface area contributed by atoms with Gasteiger partial charge < -0.3 is 14.8 Å². The lowest BCUT2D eigenvalue weighted by molar-refractivity contribution is 0.102. The maximum atomic E-state index is 12.9. The van der Waals surface area contributed by atoms with E-state index in [0.717, 1.165) is 22.0 Å². The molecule has 0 saturated heterocycles. The minimum Gasteiger partial charge on any atom is -0.497 e. The van der Waals surface area contributed by atoms with Gasteiger partial charge in [0.15, 0.2) is 0 Å². The van der Waals surface area contributed by atoms with Crippen LogP contribution in [0.4, 0.5) is 5.69 Å². The van der Waals surface area contributed by atoms with Gasteiger partial charge in [-0.15, -0.1) is 0 Å². The zero-order chi connectivity index (χ0) is 22.2. The van der Waals surface area contributed by atoms with E-state index in [1.54, 1.807) is 25.3 Å². The highest BCUT2D eigenvalue weighted by Gasteiger charge is 2.15. The van der Waals surface area contributed by atoms with Crippen LogP contribution in [0, 0.1) is 0 Å². The molecule has 0 spiro atoms. The van der Waals surface area contributed by atoms with Crippen molar-refractivity contribution in [3.63, 3.8) is 0 Å². The molecule has 1 heterocycles. The van der Waals surface area contributed by atoms with Crippen molar-refractivity contribution in [2.75, 3.05) is 19.5 Å². The van der Waals surface area contributed by atoms with E-state index in [0.29, 0.717) is 22.7 Å². The van der Waals surface area contributed by atoms with Crippen molar-refractivity contribution in [3.05, 3.63) is 84.6 Å². The Labute approximate surface area is 182 Å². The number of methoxy groups -OCH3 is 2. The van der Waals surface area contributed by atoms with Crippen LogP contribution in [0.5, 0.6) is 11.5 Å². The van der Waals surface area contributed by atoms with Crippen molar-refractivity contribution in [1.29, 1.82) is 0 Å². The number of nitrogens with zero attached hydrogens (tertiary/aromatic N) is 1. The van der Waals surface area contributed by atoms with Crippen LogP contribution in [0.3, 0.4) is 0 Å². The van der Waals surface area contributed by atoms with Crippen molar-refractivity contribution in [2.24, 2.45) is 0 Å². The van der Waals surface area contributed by atoms with E-state index in [1.165, 1.54) is 7.11 Å². The normalized spacial score (nSPS) is 10.1. The maximum Gasteiger partial charge on any atom is 0.259 e. The predicted octanol–water partition coefficient (Wildman–Crippen LogP) is 6.20. The van der Waals surface area contributed by atoms with Crippen molar-refractivity contribution >= 4 is 22.5 Å². The lowest BCUT2D eigenvalue weighted by Gasteiger charge is -2.14. The number of benzene rings is 3. The third kappa shape index (κ3) is 4.83. The first-order valence-corrected chi connectivity index (χ1v) is 10.2. The molecule has 0 fully saturated rings. The first-order valence-electron chi connectivity index (χ1n) is 10.2. The van der Waals surface area contributed by atoms with E-state index in [1.807, 2.05) is 68.6 Å². The molecule has 0 aliphatic heterocycles. The fourth-order valence-electron chi connectivity index (χ4n) is 3.24. The monoisotopic (exact) mass is 414 g/mol. The molecule has 5 heteroatoms. The van der Waals surface area contributed by atoms with Crippen molar-refractivity contribution < 1.29 is 14.3 Å². The van der Waals surface area contributed by atoms with Gasteiger partial charge >= 0.3 is 0 Å². The second kappa shape index (κ2) is 10.3. The summed E-state index contributed by atoms with van der Waals surface area (Å²) in [4.78, 5) is 17.5. The molecule has 0 radical (unpaired) electrons. The van der Waals surface area contributed by atoms with Crippen LogP contribution in [0.2, 0.25) is 0 Å². The number of fused-ring (bicyclic) bond motifs is 1. The number of carbonyl (C=O) groups excluding carboxylic acids is 1. The minimum absolute atomic E-state index is 0.259. The smallest absolute Gasteiger partial charge is 0.259 e. The molecule has 5 nitrogen and oxygen atoms in total. The van der Waals surface area contributed by atoms with Crippen LogP contribution in [0.25, 0.3) is 22.0 Å². The van der Waals surface area contributed by atoms with Crippen molar-refractivity contribution in [3.8, 4) is 22.6 Å². The number of carbonyl (C=O) groups is 1. The summed E-state index contributed by atoms with van der Waals surface area (Å²) in [5.74, 6) is 0.818. The van der Waals surface area contributed by atoms with Gasteiger partial charge in [0.05, 0.1) is 25.3 Å². The molecule has 4 aromatic rings. The first kappa shape index (κ1) is 21.8. The second-order valence-electron chi connectivity index (χ2n) is 6.48. The first-order chi connectivity index (χ1) is 15.2. The van der Waals surface area contributed by atoms with Crippen LogP contribution >= 0.6 is 0 Å². The van der Waals surface area contributed by atoms with Gasteiger partial charge in [0.2, 0.25) is 0 Å². The number of hydrogen-bond acceptors (Lipinski definition) is 4. The Morgan fingerprint density at radius 1 is 0.871 bits per heavy atom. The second-order valence-corrected chi connectivity index (χ2v) is 6.48. The molecule has 0 aliphatic rings. The molecule has 0 bridgehead atoms. The molecular formula is C26H26N2O3. The summed E-state index contributed by atoms with van der Waals surface area (Å²) in [5.41, 5.74) is 3.89. The fourth-order valence-corrected chi connectivity index (χ4v) is 3.24. The average molecular weight is 415 g/mol. The van der Waals surface area contributed by atoms with E-state index in [-0.39, 0.29) is 5.91 Å². The number of aromatic nitrogens is 1. The standard InChI is InChI=1S/C24H20N2O3.C2H6/c1-28-18-11-12-20(23(14-18)29-2)24(27)26-22-10-6-4-8-19(22)17-13-16-7-3-5-9-21(16)25-15-17;1-2/h3-15H,1-2H3,(H,26,27);1-2H3. The number of rotatable bonds is 5. The average Bonchev–Trinajstić information content (AvgIpc) is 2.84. The van der Waals surface area contributed by atoms with Gasteiger partial charge in [0.1, 0.15) is 11.5 Å². The molecule has 0 unspecified atom stereocenters. The van der Waals surface area contributed by atoms with E-state index in [4.69, 9.17) is 9.47 Å². The van der Waals surface area contributed by atoms with Crippen LogP contribution in [-0.4, -0.2) is 25.1 Å². The Balaban J connectivity index is 0.00000132. The van der Waals surface area contributed by atoms with Crippen LogP contribution in [-0.2, 0) is 0 Å². The molecule has 1 aromatic heterocycles. The number of amides is 1. The Morgan fingerprint density at radius 3 is 2.39 bits per heavy atom. The van der Waals surface area contributed by atoms with Gasteiger partial charge in [0, 0.05) is 34.5 Å². The van der Waals surface area contributed by atoms with Gasteiger partial charge in [-0.05, 0) is 30.3 Å². The zero-order valence-electron chi connectivity index (χ0n) is 18.2. The van der Waals surface area contributed by atoms with Gasteiger partial charge in [-0.3, -0.25) is 9.78 Å². The molecular weight excluding hydrogens is 388 g/mol. The van der Waals surface area contributed by atoms with Gasteiger partial charge in [0.25, 0.3) is 5.91 Å². The number of nitrogens with one attached hydrogen (secondary N) is 1. The van der Waals surface area contributed by atoms with Crippen molar-refractivity contribution in [1.82, 2.24) is 4.98 Å². The molecule has 0 saturated carbocycles. The van der Waals surface area contributed by atoms with Crippen LogP contribution < -0.4 is 14.8 Å². The number of anilines is 1. The Kier molecular flexibility index (Phi) is 7.22. The number of hydrogen-bond donors (Lipinski definition) is 1. The van der Waals surface area contributed by atoms with Gasteiger partial charge in [-0.1, -0.05) is 50.2 Å². The van der Waals surface area contributed by atoms with Gasteiger partial charge in [-0.2, -0.15) is 0 Å². The highest BCUT2D eigenvalue weighted by molar-refractivity contribution is 6.08. The summed E-state index contributed by atoms with van der Waals surface area (Å²) < 4.78 is 10.6. The fraction of sp³-hybridized carbons (Fsp3) is 0.154. The molecule has 1 amide bonds. The summed E-state index contributed by atoms with van der Waals surface area (Å²) in [5, 5.41) is 4.04. The SMILES string of the molecule is CC.COc1ccc(C(=O)Nc2ccccc2-c2cnc3ccccc3c2)c(OC)c1. The maximum absolute atomic E-state index is 12.9. The van der Waals surface area contributed by atoms with Crippen LogP contribution in [0.1, 0.15) is 24.2 Å². The van der Waals surface area contributed by atoms with E-state index < -0.39 is 0 Å². The largest absolute Gasteiger partial charge is 0.497 e. The molecule has 0 aliphatic carbocycles. The topological polar surface area (TPSA) is 60.5 Å². The third-order valence-electron chi connectivity index (χ3n) is 4.73. The Morgan fingerprint density at radius 2 is 1.61 bits per heavy atom.